The lowest BCUT2D eigenvalue weighted by atomic mass is 10.2. The molecule has 0 spiro atoms. The number of hydrogen-bond acceptors (Lipinski definition) is 6. The van der Waals surface area contributed by atoms with E-state index in [9.17, 15) is 14.0 Å². The molecule has 3 rings (SSSR count). The quantitative estimate of drug-likeness (QED) is 0.424. The number of hydrogen-bond donors (Lipinski definition) is 1. The molecular weight excluding hydrogens is 397 g/mol. The van der Waals surface area contributed by atoms with Gasteiger partial charge in [-0.1, -0.05) is 6.07 Å². The van der Waals surface area contributed by atoms with E-state index in [2.05, 4.69) is 5.32 Å². The third-order valence-electron chi connectivity index (χ3n) is 3.87. The molecule has 0 saturated carbocycles. The van der Waals surface area contributed by atoms with Crippen LogP contribution in [0.4, 0.5) is 4.39 Å². The summed E-state index contributed by atoms with van der Waals surface area (Å²) in [6.07, 6.45) is 0. The summed E-state index contributed by atoms with van der Waals surface area (Å²) in [4.78, 5) is 24.1. The largest absolute Gasteiger partial charge is 0.494 e. The Morgan fingerprint density at radius 1 is 1.07 bits per heavy atom. The van der Waals surface area contributed by atoms with Crippen LogP contribution in [-0.4, -0.2) is 38.2 Å². The van der Waals surface area contributed by atoms with Gasteiger partial charge in [0.2, 0.25) is 0 Å². The smallest absolute Gasteiger partial charge is 0.348 e. The van der Waals surface area contributed by atoms with Crippen molar-refractivity contribution in [1.82, 2.24) is 5.32 Å². The van der Waals surface area contributed by atoms with E-state index in [1.54, 1.807) is 36.4 Å². The number of carbonyl (C=O) groups excluding carboxylic acids is 2. The zero-order chi connectivity index (χ0) is 20.6. The van der Waals surface area contributed by atoms with Crippen molar-refractivity contribution in [3.8, 4) is 11.5 Å². The molecule has 3 aromatic rings. The minimum atomic E-state index is -0.661. The number of amides is 1. The molecule has 8 heteroatoms. The van der Waals surface area contributed by atoms with Gasteiger partial charge in [-0.05, 0) is 49.4 Å². The van der Waals surface area contributed by atoms with Gasteiger partial charge < -0.3 is 19.5 Å². The van der Waals surface area contributed by atoms with Gasteiger partial charge >= 0.3 is 5.97 Å². The molecule has 152 valence electrons. The van der Waals surface area contributed by atoms with Gasteiger partial charge in [0.1, 0.15) is 28.8 Å². The SMILES string of the molecule is CCOc1ccc(OCCNC(=O)COC(=O)c2cc3c(F)cccc3s2)cc1. The second kappa shape index (κ2) is 9.88. The zero-order valence-corrected chi connectivity index (χ0v) is 16.6. The van der Waals surface area contributed by atoms with Crippen LogP contribution in [0.1, 0.15) is 16.6 Å². The van der Waals surface area contributed by atoms with Crippen molar-refractivity contribution in [2.75, 3.05) is 26.4 Å². The highest BCUT2D eigenvalue weighted by Crippen LogP contribution is 2.28. The monoisotopic (exact) mass is 417 g/mol. The van der Waals surface area contributed by atoms with Crippen LogP contribution >= 0.6 is 11.3 Å². The summed E-state index contributed by atoms with van der Waals surface area (Å²) in [5.74, 6) is -0.0853. The number of carbonyl (C=O) groups is 2. The van der Waals surface area contributed by atoms with Crippen LogP contribution in [0, 0.1) is 5.82 Å². The molecule has 0 aliphatic carbocycles. The first-order valence-electron chi connectivity index (χ1n) is 9.04. The van der Waals surface area contributed by atoms with Gasteiger partial charge in [0.15, 0.2) is 6.61 Å². The van der Waals surface area contributed by atoms with Crippen molar-refractivity contribution in [1.29, 1.82) is 0 Å². The first-order chi connectivity index (χ1) is 14.1. The van der Waals surface area contributed by atoms with Crippen molar-refractivity contribution in [3.05, 3.63) is 59.2 Å². The Kier molecular flexibility index (Phi) is 7.02. The van der Waals surface area contributed by atoms with E-state index in [1.807, 2.05) is 6.92 Å². The maximum Gasteiger partial charge on any atom is 0.348 e. The molecule has 1 heterocycles. The van der Waals surface area contributed by atoms with E-state index in [-0.39, 0.29) is 18.0 Å². The Morgan fingerprint density at radius 2 is 1.79 bits per heavy atom. The average molecular weight is 417 g/mol. The third kappa shape index (κ3) is 5.68. The van der Waals surface area contributed by atoms with E-state index in [0.29, 0.717) is 22.4 Å². The van der Waals surface area contributed by atoms with Gasteiger partial charge in [-0.25, -0.2) is 9.18 Å². The summed E-state index contributed by atoms with van der Waals surface area (Å²) in [7, 11) is 0. The average Bonchev–Trinajstić information content (AvgIpc) is 3.17. The van der Waals surface area contributed by atoms with E-state index >= 15 is 0 Å². The van der Waals surface area contributed by atoms with Gasteiger partial charge in [0.25, 0.3) is 5.91 Å². The molecular formula is C21H20FNO5S. The fourth-order valence-electron chi connectivity index (χ4n) is 2.54. The van der Waals surface area contributed by atoms with Gasteiger partial charge in [0, 0.05) is 10.1 Å². The van der Waals surface area contributed by atoms with Crippen LogP contribution in [-0.2, 0) is 9.53 Å². The van der Waals surface area contributed by atoms with Crippen LogP contribution in [0.3, 0.4) is 0 Å². The van der Waals surface area contributed by atoms with Crippen LogP contribution < -0.4 is 14.8 Å². The Morgan fingerprint density at radius 3 is 2.48 bits per heavy atom. The Balaban J connectivity index is 1.38. The molecule has 0 aliphatic heterocycles. The van der Waals surface area contributed by atoms with Gasteiger partial charge in [-0.3, -0.25) is 4.79 Å². The number of thiophene rings is 1. The lowest BCUT2D eigenvalue weighted by Gasteiger charge is -2.09. The Hall–Kier alpha value is -3.13. The Labute approximate surface area is 171 Å². The standard InChI is InChI=1S/C21H20FNO5S/c1-2-26-14-6-8-15(9-7-14)27-11-10-23-20(24)13-28-21(25)19-12-16-17(22)4-3-5-18(16)29-19/h3-9,12H,2,10-11,13H2,1H3,(H,23,24). The number of esters is 1. The lowest BCUT2D eigenvalue weighted by molar-refractivity contribution is -0.124. The van der Waals surface area contributed by atoms with Gasteiger partial charge in [-0.2, -0.15) is 0 Å². The molecule has 2 aromatic carbocycles. The fourth-order valence-corrected chi connectivity index (χ4v) is 3.51. The zero-order valence-electron chi connectivity index (χ0n) is 15.8. The second-order valence-electron chi connectivity index (χ2n) is 5.94. The van der Waals surface area contributed by atoms with Crippen LogP contribution in [0.15, 0.2) is 48.5 Å². The molecule has 6 nitrogen and oxygen atoms in total. The number of halogens is 1. The molecule has 0 saturated heterocycles. The molecule has 0 bridgehead atoms. The second-order valence-corrected chi connectivity index (χ2v) is 7.03. The first-order valence-corrected chi connectivity index (χ1v) is 9.86. The molecule has 0 unspecified atom stereocenters. The minimum absolute atomic E-state index is 0.247. The lowest BCUT2D eigenvalue weighted by Crippen LogP contribution is -2.32. The van der Waals surface area contributed by atoms with Gasteiger partial charge in [0.05, 0.1) is 13.2 Å². The maximum atomic E-state index is 13.7. The topological polar surface area (TPSA) is 73.9 Å². The van der Waals surface area contributed by atoms with Crippen molar-refractivity contribution in [3.63, 3.8) is 0 Å². The molecule has 1 amide bonds. The van der Waals surface area contributed by atoms with Crippen LogP contribution in [0.25, 0.3) is 10.1 Å². The van der Waals surface area contributed by atoms with E-state index in [0.717, 1.165) is 17.1 Å². The number of nitrogens with one attached hydrogen (secondary N) is 1. The minimum Gasteiger partial charge on any atom is -0.494 e. The molecule has 0 aliphatic rings. The summed E-state index contributed by atoms with van der Waals surface area (Å²) in [6.45, 7) is 2.61. The highest BCUT2D eigenvalue weighted by molar-refractivity contribution is 7.20. The predicted octanol–water partition coefficient (Wildman–Crippen LogP) is 3.79. The van der Waals surface area contributed by atoms with Crippen molar-refractivity contribution < 1.29 is 28.2 Å². The highest BCUT2D eigenvalue weighted by atomic mass is 32.1. The molecule has 29 heavy (non-hydrogen) atoms. The maximum absolute atomic E-state index is 13.7. The summed E-state index contributed by atoms with van der Waals surface area (Å²) >= 11 is 1.12. The summed E-state index contributed by atoms with van der Waals surface area (Å²) in [6, 6.07) is 13.2. The van der Waals surface area contributed by atoms with Crippen molar-refractivity contribution in [2.24, 2.45) is 0 Å². The third-order valence-corrected chi connectivity index (χ3v) is 4.95. The first kappa shape index (κ1) is 20.6. The molecule has 1 N–H and O–H groups in total. The summed E-state index contributed by atoms with van der Waals surface area (Å²) in [5.41, 5.74) is 0. The normalized spacial score (nSPS) is 10.6. The van der Waals surface area contributed by atoms with E-state index in [4.69, 9.17) is 14.2 Å². The molecule has 0 atom stereocenters. The van der Waals surface area contributed by atoms with Crippen molar-refractivity contribution in [2.45, 2.75) is 6.92 Å². The number of fused-ring (bicyclic) bond motifs is 1. The van der Waals surface area contributed by atoms with E-state index < -0.39 is 24.3 Å². The van der Waals surface area contributed by atoms with Gasteiger partial charge in [-0.15, -0.1) is 11.3 Å². The molecule has 0 radical (unpaired) electrons. The summed E-state index contributed by atoms with van der Waals surface area (Å²) < 4.78 is 30.2. The Bertz CT molecular complexity index is 986. The molecule has 0 fully saturated rings. The number of benzene rings is 2. The summed E-state index contributed by atoms with van der Waals surface area (Å²) in [5, 5.41) is 2.97. The fraction of sp³-hybridized carbons (Fsp3) is 0.238. The van der Waals surface area contributed by atoms with Crippen LogP contribution in [0.2, 0.25) is 0 Å². The highest BCUT2D eigenvalue weighted by Gasteiger charge is 2.15. The predicted molar refractivity (Wildman–Crippen MR) is 108 cm³/mol. The number of rotatable bonds is 9. The van der Waals surface area contributed by atoms with Crippen molar-refractivity contribution >= 4 is 33.3 Å². The van der Waals surface area contributed by atoms with E-state index in [1.165, 1.54) is 12.1 Å². The number of ether oxygens (including phenoxy) is 3. The molecule has 1 aromatic heterocycles. The van der Waals surface area contributed by atoms with Crippen LogP contribution in [0.5, 0.6) is 11.5 Å².